The summed E-state index contributed by atoms with van der Waals surface area (Å²) in [6.07, 6.45) is -0.519. The third-order valence-corrected chi connectivity index (χ3v) is 7.57. The third-order valence-electron chi connectivity index (χ3n) is 5.66. The minimum absolute atomic E-state index is 0.0954. The Morgan fingerprint density at radius 3 is 2.14 bits per heavy atom. The van der Waals surface area contributed by atoms with Crippen molar-refractivity contribution >= 4 is 49.3 Å². The van der Waals surface area contributed by atoms with Crippen molar-refractivity contribution in [3.63, 3.8) is 0 Å². The van der Waals surface area contributed by atoms with Crippen molar-refractivity contribution < 1.29 is 53.4 Å². The Morgan fingerprint density at radius 1 is 1.09 bits per heavy atom. The molecule has 1 aromatic heterocycles. The van der Waals surface area contributed by atoms with Gasteiger partial charge in [-0.05, 0) is 43.9 Å². The molecule has 1 aliphatic heterocycles. The van der Waals surface area contributed by atoms with Crippen LogP contribution in [0.25, 0.3) is 0 Å². The van der Waals surface area contributed by atoms with Gasteiger partial charge in [0, 0.05) is 18.3 Å². The fraction of sp³-hybridized carbons (Fsp3) is 0.609. The summed E-state index contributed by atoms with van der Waals surface area (Å²) >= 11 is 0.167. The van der Waals surface area contributed by atoms with Gasteiger partial charge >= 0.3 is 28.3 Å². The van der Waals surface area contributed by atoms with Crippen molar-refractivity contribution in [3.05, 3.63) is 22.7 Å². The van der Waals surface area contributed by atoms with Crippen LogP contribution in [0.1, 0.15) is 68.7 Å². The highest BCUT2D eigenvalue weighted by atomic mass is 32.2. The number of benzene rings is 1. The van der Waals surface area contributed by atoms with Crippen LogP contribution in [0, 0.1) is 0 Å². The smallest absolute Gasteiger partial charge is 0.369 e. The fourth-order valence-corrected chi connectivity index (χ4v) is 4.74. The Hall–Kier alpha value is -3.00. The topological polar surface area (TPSA) is 137 Å². The summed E-state index contributed by atoms with van der Waals surface area (Å²) in [6.45, 7) is 5.51. The number of carbonyl (C=O) groups is 1. The van der Waals surface area contributed by atoms with Crippen LogP contribution in [0.4, 0.5) is 57.3 Å². The van der Waals surface area contributed by atoms with E-state index in [9.17, 15) is 48.3 Å². The van der Waals surface area contributed by atoms with Gasteiger partial charge in [-0.2, -0.15) is 43.5 Å². The fourth-order valence-electron chi connectivity index (χ4n) is 3.55. The molecule has 0 amide bonds. The van der Waals surface area contributed by atoms with E-state index >= 15 is 0 Å². The number of aryl methyl sites for hydroxylation is 1. The molecule has 2 aromatic rings. The van der Waals surface area contributed by atoms with Crippen LogP contribution in [-0.4, -0.2) is 60.4 Å². The molecule has 0 fully saturated rings. The number of anilines is 2. The highest BCUT2D eigenvalue weighted by Gasteiger charge is 2.46. The molecular weight excluding hydrogens is 640 g/mol. The molecule has 1 unspecified atom stereocenters. The summed E-state index contributed by atoms with van der Waals surface area (Å²) in [5.41, 5.74) is -5.26. The lowest BCUT2D eigenvalue weighted by Crippen LogP contribution is -2.39. The van der Waals surface area contributed by atoms with Gasteiger partial charge in [-0.3, -0.25) is 9.52 Å². The Kier molecular flexibility index (Phi) is 14.3. The van der Waals surface area contributed by atoms with Crippen molar-refractivity contribution in [2.75, 3.05) is 16.2 Å². The predicted molar refractivity (Wildman–Crippen MR) is 144 cm³/mol. The number of halogens is 8. The van der Waals surface area contributed by atoms with Gasteiger partial charge in [-0.1, -0.05) is 44.9 Å². The zero-order chi connectivity index (χ0) is 33.2. The van der Waals surface area contributed by atoms with Crippen LogP contribution in [0.15, 0.2) is 22.4 Å². The van der Waals surface area contributed by atoms with Gasteiger partial charge in [0.1, 0.15) is 5.69 Å². The first-order valence-electron chi connectivity index (χ1n) is 12.7. The SMILES string of the molecule is CCC1CCc2cc(N=Nc3nnc(C(=O)C(F)(F)F)s3)c(NS(=O)(=O)C(F)(F)F)cc2N1CC.CCCC.OC(F)F. The predicted octanol–water partition coefficient (Wildman–Crippen LogP) is 7.52. The molecule has 3 rings (SSSR count). The highest BCUT2D eigenvalue weighted by Crippen LogP contribution is 2.41. The summed E-state index contributed by atoms with van der Waals surface area (Å²) in [5.74, 6) is -2.24. The number of hydrogen-bond donors (Lipinski definition) is 2. The first kappa shape index (κ1) is 38.0. The van der Waals surface area contributed by atoms with E-state index in [1.54, 1.807) is 0 Å². The first-order chi connectivity index (χ1) is 19.8. The molecule has 0 saturated heterocycles. The maximum Gasteiger partial charge on any atom is 0.516 e. The van der Waals surface area contributed by atoms with Crippen LogP contribution < -0.4 is 9.62 Å². The molecule has 20 heteroatoms. The minimum atomic E-state index is -5.81. The van der Waals surface area contributed by atoms with Gasteiger partial charge in [0.15, 0.2) is 5.01 Å². The zero-order valence-electron chi connectivity index (χ0n) is 23.3. The average molecular weight is 671 g/mol. The summed E-state index contributed by atoms with van der Waals surface area (Å²) in [4.78, 5) is 13.2. The number of alkyl halides is 8. The van der Waals surface area contributed by atoms with Crippen LogP contribution in [0.3, 0.4) is 0 Å². The van der Waals surface area contributed by atoms with Crippen LogP contribution in [-0.2, 0) is 16.4 Å². The molecule has 0 aliphatic carbocycles. The molecule has 0 saturated carbocycles. The van der Waals surface area contributed by atoms with E-state index in [2.05, 4.69) is 34.3 Å². The number of ketones is 1. The van der Waals surface area contributed by atoms with E-state index in [-0.39, 0.29) is 23.1 Å². The van der Waals surface area contributed by atoms with Crippen molar-refractivity contribution in [1.82, 2.24) is 10.2 Å². The number of nitrogens with zero attached hydrogens (tertiary/aromatic N) is 5. The normalized spacial score (nSPS) is 15.4. The molecule has 0 bridgehead atoms. The second-order valence-corrected chi connectivity index (χ2v) is 11.3. The van der Waals surface area contributed by atoms with Gasteiger partial charge in [0.2, 0.25) is 0 Å². The lowest BCUT2D eigenvalue weighted by Gasteiger charge is -2.38. The van der Waals surface area contributed by atoms with E-state index in [1.807, 2.05) is 18.7 Å². The quantitative estimate of drug-likeness (QED) is 0.168. The summed E-state index contributed by atoms with van der Waals surface area (Å²) in [7, 11) is -5.81. The first-order valence-corrected chi connectivity index (χ1v) is 15.0. The molecule has 2 heterocycles. The number of sulfonamides is 1. The van der Waals surface area contributed by atoms with Crippen molar-refractivity contribution in [3.8, 4) is 0 Å². The molecule has 43 heavy (non-hydrogen) atoms. The van der Waals surface area contributed by atoms with Crippen molar-refractivity contribution in [1.29, 1.82) is 0 Å². The number of nitrogens with one attached hydrogen (secondary N) is 1. The van der Waals surface area contributed by atoms with Gasteiger partial charge in [-0.25, -0.2) is 0 Å². The summed E-state index contributed by atoms with van der Waals surface area (Å²) in [5, 5.41) is 18.9. The van der Waals surface area contributed by atoms with Crippen LogP contribution in [0.2, 0.25) is 0 Å². The number of hydrogen-bond acceptors (Lipinski definition) is 10. The van der Waals surface area contributed by atoms with Gasteiger partial charge in [0.25, 0.3) is 10.9 Å². The molecule has 2 N–H and O–H groups in total. The van der Waals surface area contributed by atoms with E-state index in [4.69, 9.17) is 5.11 Å². The molecule has 244 valence electrons. The highest BCUT2D eigenvalue weighted by molar-refractivity contribution is 7.93. The average Bonchev–Trinajstić information content (AvgIpc) is 3.38. The summed E-state index contributed by atoms with van der Waals surface area (Å²) in [6, 6.07) is 2.67. The minimum Gasteiger partial charge on any atom is -0.369 e. The Bertz CT molecular complexity index is 1330. The number of Topliss-reactive ketones (excluding diaryl/α,β-unsaturated/α-hetero) is 1. The number of fused-ring (bicyclic) bond motifs is 1. The van der Waals surface area contributed by atoms with Crippen molar-refractivity contribution in [2.24, 2.45) is 10.2 Å². The maximum atomic E-state index is 13.0. The van der Waals surface area contributed by atoms with E-state index in [1.165, 1.54) is 29.7 Å². The van der Waals surface area contributed by atoms with Crippen molar-refractivity contribution in [2.45, 2.75) is 84.1 Å². The number of rotatable bonds is 8. The molecule has 10 nitrogen and oxygen atoms in total. The zero-order valence-corrected chi connectivity index (χ0v) is 24.9. The maximum absolute atomic E-state index is 13.0. The molecule has 1 aromatic carbocycles. The van der Waals surface area contributed by atoms with E-state index < -0.39 is 49.9 Å². The molecule has 0 spiro atoms. The number of unbranched alkanes of at least 4 members (excludes halogenated alkanes) is 1. The van der Waals surface area contributed by atoms with Crippen LogP contribution >= 0.6 is 11.3 Å². The lowest BCUT2D eigenvalue weighted by molar-refractivity contribution is -0.0885. The number of aromatic nitrogens is 2. The molecule has 0 radical (unpaired) electrons. The van der Waals surface area contributed by atoms with Gasteiger partial charge < -0.3 is 10.0 Å². The van der Waals surface area contributed by atoms with E-state index in [0.717, 1.165) is 12.8 Å². The molecular formula is C23H30F8N6O4S2. The lowest BCUT2D eigenvalue weighted by atomic mass is 9.93. The number of azo groups is 1. The van der Waals surface area contributed by atoms with Gasteiger partial charge in [-0.15, -0.1) is 20.4 Å². The third kappa shape index (κ3) is 11.2. The monoisotopic (exact) mass is 670 g/mol. The number of carbonyl (C=O) groups excluding carboxylic acids is 1. The number of aliphatic hydroxyl groups is 1. The molecule has 1 aliphatic rings. The standard InChI is InChI=1S/C18H18F6N6O3S2.C4H10.CH2F2O/c1-3-10-6-5-9-7-11(25-27-16-28-26-15(34-16)14(31)17(19,20)21)12(8-13(9)30(10)4-2)29-35(32,33)18(22,23)24;1-3-4-2;2-1(3)4/h7-8,10,29H,3-6H2,1-2H3;3-4H2,1-2H3;1,4H. The second kappa shape index (κ2) is 16.2. The second-order valence-electron chi connectivity index (χ2n) is 8.63. The van der Waals surface area contributed by atoms with E-state index in [0.29, 0.717) is 24.2 Å². The Labute approximate surface area is 246 Å². The van der Waals surface area contributed by atoms with Gasteiger partial charge in [0.05, 0.1) is 5.69 Å². The summed E-state index contributed by atoms with van der Waals surface area (Å²) < 4.78 is 121. The largest absolute Gasteiger partial charge is 0.516 e. The van der Waals surface area contributed by atoms with Crippen LogP contribution in [0.5, 0.6) is 0 Å². The number of aliphatic hydroxyl groups excluding tert-OH is 1. The molecule has 1 atom stereocenters. The Balaban J connectivity index is 0.00000103. The Morgan fingerprint density at radius 2 is 1.67 bits per heavy atom.